The maximum Gasteiger partial charge on any atom is 0.220 e. The van der Waals surface area contributed by atoms with Gasteiger partial charge in [-0.15, -0.1) is 0 Å². The topological polar surface area (TPSA) is 149 Å². The highest BCUT2D eigenvalue weighted by atomic mass is 16.7. The van der Waals surface area contributed by atoms with Crippen molar-refractivity contribution in [3.63, 3.8) is 0 Å². The van der Waals surface area contributed by atoms with E-state index in [0.717, 1.165) is 51.4 Å². The first-order valence-corrected chi connectivity index (χ1v) is 29.5. The highest BCUT2D eigenvalue weighted by Gasteiger charge is 2.44. The highest BCUT2D eigenvalue weighted by Crippen LogP contribution is 2.23. The van der Waals surface area contributed by atoms with Crippen LogP contribution in [0.5, 0.6) is 0 Å². The third-order valence-electron chi connectivity index (χ3n) is 13.8. The molecule has 6 N–H and O–H groups in total. The summed E-state index contributed by atoms with van der Waals surface area (Å²) in [6.45, 7) is 3.75. The number of carbonyl (C=O) groups is 1. The monoisotopic (exact) mass is 986 g/mol. The van der Waals surface area contributed by atoms with Crippen LogP contribution in [0.15, 0.2) is 60.8 Å². The van der Waals surface area contributed by atoms with Crippen molar-refractivity contribution >= 4 is 5.91 Å². The summed E-state index contributed by atoms with van der Waals surface area (Å²) in [4.78, 5) is 13.0. The molecule has 408 valence electrons. The van der Waals surface area contributed by atoms with Gasteiger partial charge in [0, 0.05) is 6.42 Å². The molecule has 1 rings (SSSR count). The standard InChI is InChI=1S/C61H111NO8/c1-3-5-7-9-11-13-15-17-19-20-21-22-23-24-25-26-27-28-29-30-31-32-33-34-35-36-37-39-41-43-45-47-49-51-57(65)62-54(53-69-61-60(68)59(67)58(66)56(52-63)70-61)55(64)50-48-46-44-42-40-38-18-16-14-12-10-8-6-4-2/h15,17,20-21,23-24,40,42,48,50,54-56,58-61,63-64,66-68H,3-14,16,18-19,22,25-39,41,43-47,49,51-53H2,1-2H3,(H,62,65)/b17-15-,21-20-,24-23-,42-40+,50-48+. The molecule has 0 aromatic rings. The molecule has 1 fully saturated rings. The van der Waals surface area contributed by atoms with Gasteiger partial charge in [-0.05, 0) is 70.6 Å². The van der Waals surface area contributed by atoms with E-state index in [1.165, 1.54) is 193 Å². The summed E-state index contributed by atoms with van der Waals surface area (Å²) in [6.07, 6.45) is 61.6. The van der Waals surface area contributed by atoms with Crippen LogP contribution in [0.3, 0.4) is 0 Å². The molecule has 0 saturated carbocycles. The van der Waals surface area contributed by atoms with Crippen molar-refractivity contribution in [2.24, 2.45) is 0 Å². The highest BCUT2D eigenvalue weighted by molar-refractivity contribution is 5.76. The average molecular weight is 987 g/mol. The van der Waals surface area contributed by atoms with Gasteiger partial charge in [-0.3, -0.25) is 4.79 Å². The van der Waals surface area contributed by atoms with Crippen LogP contribution in [0.4, 0.5) is 0 Å². The van der Waals surface area contributed by atoms with Crippen molar-refractivity contribution in [3.05, 3.63) is 60.8 Å². The summed E-state index contributed by atoms with van der Waals surface area (Å²) in [5.41, 5.74) is 0. The molecule has 1 heterocycles. The third kappa shape index (κ3) is 39.4. The van der Waals surface area contributed by atoms with E-state index in [2.05, 4.69) is 67.8 Å². The number of unbranched alkanes of at least 4 members (excludes halogenated alkanes) is 32. The zero-order valence-electron chi connectivity index (χ0n) is 45.3. The number of hydrogen-bond donors (Lipinski definition) is 6. The molecular formula is C61H111NO8. The zero-order valence-corrected chi connectivity index (χ0v) is 45.3. The second kappa shape index (κ2) is 50.4. The van der Waals surface area contributed by atoms with Crippen molar-refractivity contribution in [3.8, 4) is 0 Å². The van der Waals surface area contributed by atoms with Crippen LogP contribution in [0, 0.1) is 0 Å². The van der Waals surface area contributed by atoms with Gasteiger partial charge in [-0.1, -0.05) is 248 Å². The van der Waals surface area contributed by atoms with E-state index in [4.69, 9.17) is 9.47 Å². The molecule has 0 radical (unpaired) electrons. The van der Waals surface area contributed by atoms with E-state index in [-0.39, 0.29) is 12.5 Å². The first kappa shape index (κ1) is 65.9. The molecule has 7 atom stereocenters. The Morgan fingerprint density at radius 1 is 0.486 bits per heavy atom. The van der Waals surface area contributed by atoms with E-state index < -0.39 is 49.5 Å². The quantitative estimate of drug-likeness (QED) is 0.0261. The lowest BCUT2D eigenvalue weighted by Gasteiger charge is -2.40. The molecule has 0 aromatic carbocycles. The number of rotatable bonds is 50. The number of carbonyl (C=O) groups excluding carboxylic acids is 1. The number of amides is 1. The second-order valence-electron chi connectivity index (χ2n) is 20.4. The van der Waals surface area contributed by atoms with Crippen molar-refractivity contribution in [1.29, 1.82) is 0 Å². The van der Waals surface area contributed by atoms with E-state index >= 15 is 0 Å². The van der Waals surface area contributed by atoms with Gasteiger partial charge in [0.25, 0.3) is 0 Å². The molecule has 1 aliphatic rings. The fourth-order valence-electron chi connectivity index (χ4n) is 9.12. The summed E-state index contributed by atoms with van der Waals surface area (Å²) in [6, 6.07) is -0.822. The van der Waals surface area contributed by atoms with Crippen molar-refractivity contribution < 1.29 is 39.8 Å². The summed E-state index contributed by atoms with van der Waals surface area (Å²) in [7, 11) is 0. The number of allylic oxidation sites excluding steroid dienone is 9. The molecule has 0 bridgehead atoms. The van der Waals surface area contributed by atoms with Gasteiger partial charge < -0.3 is 40.3 Å². The Morgan fingerprint density at radius 2 is 0.857 bits per heavy atom. The summed E-state index contributed by atoms with van der Waals surface area (Å²) >= 11 is 0. The normalized spacial score (nSPS) is 19.8. The molecule has 0 aromatic heterocycles. The van der Waals surface area contributed by atoms with E-state index in [0.29, 0.717) is 6.42 Å². The molecule has 7 unspecified atom stereocenters. The van der Waals surface area contributed by atoms with Gasteiger partial charge in [0.15, 0.2) is 6.29 Å². The Morgan fingerprint density at radius 3 is 1.30 bits per heavy atom. The van der Waals surface area contributed by atoms with Crippen molar-refractivity contribution in [2.45, 2.75) is 307 Å². The van der Waals surface area contributed by atoms with Crippen molar-refractivity contribution in [2.75, 3.05) is 13.2 Å². The lowest BCUT2D eigenvalue weighted by atomic mass is 9.99. The molecule has 1 aliphatic heterocycles. The Hall–Kier alpha value is -2.11. The third-order valence-corrected chi connectivity index (χ3v) is 13.8. The predicted octanol–water partition coefficient (Wildman–Crippen LogP) is 14.7. The minimum atomic E-state index is -1.57. The first-order valence-electron chi connectivity index (χ1n) is 29.5. The van der Waals surface area contributed by atoms with E-state index in [1.807, 2.05) is 6.08 Å². The summed E-state index contributed by atoms with van der Waals surface area (Å²) in [5.74, 6) is -0.186. The van der Waals surface area contributed by atoms with Crippen LogP contribution < -0.4 is 5.32 Å². The van der Waals surface area contributed by atoms with Gasteiger partial charge in [0.1, 0.15) is 24.4 Å². The molecule has 1 amide bonds. The van der Waals surface area contributed by atoms with Crippen LogP contribution in [-0.2, 0) is 14.3 Å². The van der Waals surface area contributed by atoms with Crippen LogP contribution in [0.1, 0.15) is 264 Å². The van der Waals surface area contributed by atoms with Gasteiger partial charge in [-0.2, -0.15) is 0 Å². The Bertz CT molecular complexity index is 1280. The fourth-order valence-corrected chi connectivity index (χ4v) is 9.12. The Kier molecular flexibility index (Phi) is 47.5. The number of ether oxygens (including phenoxy) is 2. The van der Waals surface area contributed by atoms with Crippen LogP contribution >= 0.6 is 0 Å². The number of hydrogen-bond acceptors (Lipinski definition) is 8. The SMILES string of the molecule is CCCCCCC/C=C\C/C=C\C/C=C\CCCCCCCCCCCCCCCCCCCCC(=O)NC(COC1OC(CO)C(O)C(O)C1O)C(O)/C=C/CC/C=C/CCCCCCCCCC. The number of aliphatic hydroxyl groups is 5. The molecule has 0 spiro atoms. The Labute approximate surface area is 430 Å². The molecule has 0 aliphatic carbocycles. The Balaban J connectivity index is 2.14. The number of nitrogens with one attached hydrogen (secondary N) is 1. The van der Waals surface area contributed by atoms with Gasteiger partial charge >= 0.3 is 0 Å². The van der Waals surface area contributed by atoms with Crippen LogP contribution in [0.2, 0.25) is 0 Å². The minimum absolute atomic E-state index is 0.186. The van der Waals surface area contributed by atoms with Gasteiger partial charge in [0.2, 0.25) is 5.91 Å². The largest absolute Gasteiger partial charge is 0.394 e. The fraction of sp³-hybridized carbons (Fsp3) is 0.820. The average Bonchev–Trinajstić information content (AvgIpc) is 3.36. The minimum Gasteiger partial charge on any atom is -0.394 e. The first-order chi connectivity index (χ1) is 34.3. The summed E-state index contributed by atoms with van der Waals surface area (Å²) in [5, 5.41) is 54.4. The molecule has 1 saturated heterocycles. The molecular weight excluding hydrogens is 875 g/mol. The molecule has 70 heavy (non-hydrogen) atoms. The zero-order chi connectivity index (χ0) is 50.8. The van der Waals surface area contributed by atoms with E-state index in [1.54, 1.807) is 6.08 Å². The van der Waals surface area contributed by atoms with Crippen LogP contribution in [-0.4, -0.2) is 87.5 Å². The maximum absolute atomic E-state index is 13.0. The lowest BCUT2D eigenvalue weighted by Crippen LogP contribution is -2.60. The smallest absolute Gasteiger partial charge is 0.220 e. The molecule has 9 heteroatoms. The number of aliphatic hydroxyl groups excluding tert-OH is 5. The summed E-state index contributed by atoms with van der Waals surface area (Å²) < 4.78 is 11.2. The van der Waals surface area contributed by atoms with Crippen molar-refractivity contribution in [1.82, 2.24) is 5.32 Å². The lowest BCUT2D eigenvalue weighted by molar-refractivity contribution is -0.302. The predicted molar refractivity (Wildman–Crippen MR) is 295 cm³/mol. The van der Waals surface area contributed by atoms with Crippen LogP contribution in [0.25, 0.3) is 0 Å². The van der Waals surface area contributed by atoms with Gasteiger partial charge in [-0.25, -0.2) is 0 Å². The van der Waals surface area contributed by atoms with Gasteiger partial charge in [0.05, 0.1) is 25.4 Å². The van der Waals surface area contributed by atoms with E-state index in [9.17, 15) is 30.3 Å². The maximum atomic E-state index is 13.0. The molecule has 9 nitrogen and oxygen atoms in total. The second-order valence-corrected chi connectivity index (χ2v) is 20.4.